The summed E-state index contributed by atoms with van der Waals surface area (Å²) in [7, 11) is 0. The van der Waals surface area contributed by atoms with Crippen LogP contribution < -0.4 is 14.8 Å². The average Bonchev–Trinajstić information content (AvgIpc) is 3.34. The van der Waals surface area contributed by atoms with Crippen LogP contribution in [0.5, 0.6) is 11.5 Å². The van der Waals surface area contributed by atoms with Crippen LogP contribution in [0.15, 0.2) is 60.0 Å². The van der Waals surface area contributed by atoms with E-state index in [2.05, 4.69) is 15.5 Å². The van der Waals surface area contributed by atoms with Crippen molar-refractivity contribution in [3.8, 4) is 17.2 Å². The van der Waals surface area contributed by atoms with Crippen molar-refractivity contribution in [1.29, 1.82) is 0 Å². The van der Waals surface area contributed by atoms with E-state index in [1.54, 1.807) is 6.33 Å². The van der Waals surface area contributed by atoms with Gasteiger partial charge in [-0.25, -0.2) is 0 Å². The fourth-order valence-corrected chi connectivity index (χ4v) is 3.28. The van der Waals surface area contributed by atoms with Crippen LogP contribution in [0.3, 0.4) is 0 Å². The zero-order valence-corrected chi connectivity index (χ0v) is 14.6. The molecule has 0 bridgehead atoms. The number of thioether (sulfide) groups is 1. The monoisotopic (exact) mass is 368 g/mol. The third-order valence-corrected chi connectivity index (χ3v) is 4.75. The molecule has 1 N–H and O–H groups in total. The summed E-state index contributed by atoms with van der Waals surface area (Å²) in [6.45, 7) is 0.672. The largest absolute Gasteiger partial charge is 0.454 e. The molecule has 4 rings (SSSR count). The van der Waals surface area contributed by atoms with Crippen molar-refractivity contribution < 1.29 is 14.3 Å². The van der Waals surface area contributed by atoms with Gasteiger partial charge >= 0.3 is 0 Å². The molecular formula is C18H16N4O3S. The SMILES string of the molecule is O=C(CSc1nncn1-c1ccccc1)NCc1ccc2c(c1)OCO2. The molecule has 8 heteroatoms. The zero-order valence-electron chi connectivity index (χ0n) is 13.8. The van der Waals surface area contributed by atoms with Crippen LogP contribution in [0.2, 0.25) is 0 Å². The molecule has 0 saturated carbocycles. The van der Waals surface area contributed by atoms with Gasteiger partial charge in [-0.05, 0) is 29.8 Å². The van der Waals surface area contributed by atoms with Crippen LogP contribution in [-0.2, 0) is 11.3 Å². The van der Waals surface area contributed by atoms with Crippen molar-refractivity contribution >= 4 is 17.7 Å². The fraction of sp³-hybridized carbons (Fsp3) is 0.167. The second kappa shape index (κ2) is 7.49. The maximum Gasteiger partial charge on any atom is 0.231 e. The lowest BCUT2D eigenvalue weighted by molar-refractivity contribution is -0.118. The molecule has 7 nitrogen and oxygen atoms in total. The maximum atomic E-state index is 12.1. The van der Waals surface area contributed by atoms with Crippen molar-refractivity contribution in [2.24, 2.45) is 0 Å². The maximum absolute atomic E-state index is 12.1. The van der Waals surface area contributed by atoms with Gasteiger partial charge in [0.1, 0.15) is 6.33 Å². The van der Waals surface area contributed by atoms with E-state index in [0.29, 0.717) is 17.5 Å². The molecule has 2 aromatic carbocycles. The summed E-state index contributed by atoms with van der Waals surface area (Å²) in [6.07, 6.45) is 1.64. The number of carbonyl (C=O) groups is 1. The van der Waals surface area contributed by atoms with E-state index >= 15 is 0 Å². The molecule has 2 heterocycles. The Morgan fingerprint density at radius 3 is 2.88 bits per heavy atom. The van der Waals surface area contributed by atoms with Gasteiger partial charge in [-0.15, -0.1) is 10.2 Å². The highest BCUT2D eigenvalue weighted by molar-refractivity contribution is 7.99. The van der Waals surface area contributed by atoms with Crippen molar-refractivity contribution in [2.75, 3.05) is 12.5 Å². The van der Waals surface area contributed by atoms with E-state index in [0.717, 1.165) is 17.0 Å². The molecule has 0 unspecified atom stereocenters. The molecule has 0 aliphatic carbocycles. The second-order valence-electron chi connectivity index (χ2n) is 5.57. The molecular weight excluding hydrogens is 352 g/mol. The van der Waals surface area contributed by atoms with Gasteiger partial charge in [-0.1, -0.05) is 36.0 Å². The van der Waals surface area contributed by atoms with Crippen molar-refractivity contribution in [1.82, 2.24) is 20.1 Å². The molecule has 0 radical (unpaired) electrons. The first-order valence-electron chi connectivity index (χ1n) is 8.03. The molecule has 0 atom stereocenters. The molecule has 3 aromatic rings. The lowest BCUT2D eigenvalue weighted by Crippen LogP contribution is -2.24. The topological polar surface area (TPSA) is 78.3 Å². The van der Waals surface area contributed by atoms with E-state index in [-0.39, 0.29) is 18.5 Å². The Bertz CT molecular complexity index is 914. The standard InChI is InChI=1S/C18H16N4O3S/c23-17(19-9-13-6-7-15-16(8-13)25-12-24-15)10-26-18-21-20-11-22(18)14-4-2-1-3-5-14/h1-8,11H,9-10,12H2,(H,19,23). The lowest BCUT2D eigenvalue weighted by atomic mass is 10.2. The third-order valence-electron chi connectivity index (χ3n) is 3.81. The number of amides is 1. The van der Waals surface area contributed by atoms with E-state index in [4.69, 9.17) is 9.47 Å². The van der Waals surface area contributed by atoms with Crippen molar-refractivity contribution in [3.63, 3.8) is 0 Å². The Hall–Kier alpha value is -3.00. The normalized spacial score (nSPS) is 12.2. The Balaban J connectivity index is 1.32. The number of para-hydroxylation sites is 1. The number of aromatic nitrogens is 3. The third kappa shape index (κ3) is 3.65. The summed E-state index contributed by atoms with van der Waals surface area (Å²) < 4.78 is 12.5. The minimum atomic E-state index is -0.0738. The number of carbonyl (C=O) groups excluding carboxylic acids is 1. The number of ether oxygens (including phenoxy) is 2. The van der Waals surface area contributed by atoms with Gasteiger partial charge in [-0.3, -0.25) is 9.36 Å². The van der Waals surface area contributed by atoms with Gasteiger partial charge in [0.2, 0.25) is 12.7 Å². The van der Waals surface area contributed by atoms with Gasteiger partial charge in [-0.2, -0.15) is 0 Å². The molecule has 26 heavy (non-hydrogen) atoms. The van der Waals surface area contributed by atoms with Crippen molar-refractivity contribution in [2.45, 2.75) is 11.7 Å². The van der Waals surface area contributed by atoms with E-state index in [1.165, 1.54) is 11.8 Å². The van der Waals surface area contributed by atoms with Crippen LogP contribution >= 0.6 is 11.8 Å². The highest BCUT2D eigenvalue weighted by atomic mass is 32.2. The summed E-state index contributed by atoms with van der Waals surface area (Å²) in [5.41, 5.74) is 1.92. The summed E-state index contributed by atoms with van der Waals surface area (Å²) in [6, 6.07) is 15.4. The van der Waals surface area contributed by atoms with Crippen LogP contribution in [0.4, 0.5) is 0 Å². The highest BCUT2D eigenvalue weighted by Gasteiger charge is 2.14. The second-order valence-corrected chi connectivity index (χ2v) is 6.51. The van der Waals surface area contributed by atoms with Crippen LogP contribution in [-0.4, -0.2) is 33.2 Å². The van der Waals surface area contributed by atoms with E-state index in [9.17, 15) is 4.79 Å². The quantitative estimate of drug-likeness (QED) is 0.673. The lowest BCUT2D eigenvalue weighted by Gasteiger charge is -2.07. The zero-order chi connectivity index (χ0) is 17.8. The summed E-state index contributed by atoms with van der Waals surface area (Å²) >= 11 is 1.34. The van der Waals surface area contributed by atoms with Gasteiger partial charge in [0.15, 0.2) is 16.7 Å². The first kappa shape index (κ1) is 16.5. The van der Waals surface area contributed by atoms with E-state index < -0.39 is 0 Å². The summed E-state index contributed by atoms with van der Waals surface area (Å²) in [4.78, 5) is 12.1. The first-order valence-corrected chi connectivity index (χ1v) is 9.01. The Morgan fingerprint density at radius 2 is 2.00 bits per heavy atom. The molecule has 1 aliphatic heterocycles. The van der Waals surface area contributed by atoms with Crippen molar-refractivity contribution in [3.05, 3.63) is 60.4 Å². The number of nitrogens with zero attached hydrogens (tertiary/aromatic N) is 3. The molecule has 1 aliphatic rings. The van der Waals surface area contributed by atoms with Gasteiger partial charge < -0.3 is 14.8 Å². The molecule has 0 saturated heterocycles. The molecule has 0 fully saturated rings. The number of fused-ring (bicyclic) bond motifs is 1. The smallest absolute Gasteiger partial charge is 0.231 e. The van der Waals surface area contributed by atoms with Gasteiger partial charge in [0.25, 0.3) is 0 Å². The molecule has 0 spiro atoms. The van der Waals surface area contributed by atoms with E-state index in [1.807, 2.05) is 53.1 Å². The number of rotatable bonds is 6. The van der Waals surface area contributed by atoms with Gasteiger partial charge in [0, 0.05) is 12.2 Å². The number of hydrogen-bond acceptors (Lipinski definition) is 6. The molecule has 1 amide bonds. The van der Waals surface area contributed by atoms with Crippen LogP contribution in [0, 0.1) is 0 Å². The molecule has 1 aromatic heterocycles. The summed E-state index contributed by atoms with van der Waals surface area (Å²) in [5, 5.41) is 11.6. The minimum absolute atomic E-state index is 0.0738. The predicted octanol–water partition coefficient (Wildman–Crippen LogP) is 2.40. The molecule has 132 valence electrons. The van der Waals surface area contributed by atoms with Crippen LogP contribution in [0.1, 0.15) is 5.56 Å². The average molecular weight is 368 g/mol. The first-order chi connectivity index (χ1) is 12.8. The van der Waals surface area contributed by atoms with Crippen LogP contribution in [0.25, 0.3) is 5.69 Å². The Labute approximate surface area is 154 Å². The summed E-state index contributed by atoms with van der Waals surface area (Å²) in [5.74, 6) is 1.63. The number of benzene rings is 2. The Morgan fingerprint density at radius 1 is 1.15 bits per heavy atom. The Kier molecular flexibility index (Phi) is 4.74. The number of nitrogens with one attached hydrogen (secondary N) is 1. The highest BCUT2D eigenvalue weighted by Crippen LogP contribution is 2.32. The predicted molar refractivity (Wildman–Crippen MR) is 96.5 cm³/mol. The number of hydrogen-bond donors (Lipinski definition) is 1. The fourth-order valence-electron chi connectivity index (χ4n) is 2.52. The van der Waals surface area contributed by atoms with Gasteiger partial charge in [0.05, 0.1) is 5.75 Å². The minimum Gasteiger partial charge on any atom is -0.454 e.